The van der Waals surface area contributed by atoms with E-state index in [2.05, 4.69) is 20.9 Å². The lowest BCUT2D eigenvalue weighted by molar-refractivity contribution is -0.143. The summed E-state index contributed by atoms with van der Waals surface area (Å²) in [6.07, 6.45) is 2.26. The number of nitrogens with two attached hydrogens (primary N) is 2. The molecule has 0 bridgehead atoms. The number of hydrogen-bond acceptors (Lipinski definition) is 6. The highest BCUT2D eigenvalue weighted by atomic mass is 16.4. The number of aromatic nitrogens is 1. The number of H-pyrrole nitrogens is 1. The van der Waals surface area contributed by atoms with E-state index in [1.807, 2.05) is 31.2 Å². The molecule has 0 spiro atoms. The summed E-state index contributed by atoms with van der Waals surface area (Å²) in [5.41, 5.74) is 12.6. The lowest BCUT2D eigenvalue weighted by atomic mass is 9.99. The summed E-state index contributed by atoms with van der Waals surface area (Å²) < 4.78 is 0. The van der Waals surface area contributed by atoms with E-state index in [4.69, 9.17) is 11.5 Å². The fraction of sp³-hybridized carbons (Fsp3) is 0.480. The normalized spacial score (nSPS) is 15.1. The van der Waals surface area contributed by atoms with Crippen molar-refractivity contribution in [3.63, 3.8) is 0 Å². The quantitative estimate of drug-likeness (QED) is 0.181. The van der Waals surface area contributed by atoms with Crippen LogP contribution in [0, 0.1) is 5.92 Å². The largest absolute Gasteiger partial charge is 0.480 e. The number of amides is 4. The van der Waals surface area contributed by atoms with Crippen molar-refractivity contribution in [3.8, 4) is 0 Å². The first kappa shape index (κ1) is 29.3. The third-order valence-electron chi connectivity index (χ3n) is 6.30. The highest BCUT2D eigenvalue weighted by molar-refractivity contribution is 5.94. The summed E-state index contributed by atoms with van der Waals surface area (Å²) in [5, 5.41) is 17.9. The number of carboxylic acid groups (broad SMARTS) is 1. The average Bonchev–Trinajstić information content (AvgIpc) is 3.27. The van der Waals surface area contributed by atoms with Crippen LogP contribution in [0.25, 0.3) is 10.9 Å². The zero-order valence-electron chi connectivity index (χ0n) is 21.2. The predicted molar refractivity (Wildman–Crippen MR) is 137 cm³/mol. The molecule has 37 heavy (non-hydrogen) atoms. The molecule has 2 rings (SSSR count). The number of benzene rings is 1. The predicted octanol–water partition coefficient (Wildman–Crippen LogP) is -0.0918. The first-order valence-electron chi connectivity index (χ1n) is 12.2. The van der Waals surface area contributed by atoms with Crippen molar-refractivity contribution < 1.29 is 29.1 Å². The van der Waals surface area contributed by atoms with Crippen molar-refractivity contribution in [3.05, 3.63) is 36.0 Å². The second kappa shape index (κ2) is 13.4. The van der Waals surface area contributed by atoms with Crippen LogP contribution in [0.3, 0.4) is 0 Å². The Morgan fingerprint density at radius 3 is 2.30 bits per heavy atom. The highest BCUT2D eigenvalue weighted by Gasteiger charge is 2.30. The average molecular weight is 517 g/mol. The summed E-state index contributed by atoms with van der Waals surface area (Å²) in [5.74, 6) is -4.07. The van der Waals surface area contributed by atoms with Crippen molar-refractivity contribution in [2.24, 2.45) is 17.4 Å². The Bertz CT molecular complexity index is 1130. The van der Waals surface area contributed by atoms with E-state index in [1.165, 1.54) is 6.92 Å². The molecule has 5 atom stereocenters. The molecule has 202 valence electrons. The minimum Gasteiger partial charge on any atom is -0.480 e. The van der Waals surface area contributed by atoms with Crippen LogP contribution in [0.1, 0.15) is 45.6 Å². The van der Waals surface area contributed by atoms with Crippen LogP contribution >= 0.6 is 0 Å². The lowest BCUT2D eigenvalue weighted by Crippen LogP contribution is -2.57. The van der Waals surface area contributed by atoms with E-state index < -0.39 is 53.8 Å². The number of primary amides is 1. The fourth-order valence-corrected chi connectivity index (χ4v) is 3.78. The van der Waals surface area contributed by atoms with Gasteiger partial charge in [-0.1, -0.05) is 38.5 Å². The number of carbonyl (C=O) groups is 5. The van der Waals surface area contributed by atoms with Gasteiger partial charge in [-0.05, 0) is 30.9 Å². The van der Waals surface area contributed by atoms with Crippen molar-refractivity contribution in [1.82, 2.24) is 20.9 Å². The molecular weight excluding hydrogens is 480 g/mol. The Balaban J connectivity index is 2.18. The molecule has 1 aromatic heterocycles. The fourth-order valence-electron chi connectivity index (χ4n) is 3.78. The van der Waals surface area contributed by atoms with Crippen LogP contribution in [0.2, 0.25) is 0 Å². The summed E-state index contributed by atoms with van der Waals surface area (Å²) in [6.45, 7) is 4.94. The second-order valence-corrected chi connectivity index (χ2v) is 9.18. The van der Waals surface area contributed by atoms with Crippen LogP contribution in [0.15, 0.2) is 30.5 Å². The molecule has 0 aliphatic rings. The molecular formula is C25H36N6O6. The van der Waals surface area contributed by atoms with Crippen molar-refractivity contribution in [2.45, 2.75) is 70.6 Å². The number of nitrogens with one attached hydrogen (secondary N) is 4. The number of aliphatic carboxylic acids is 1. The summed E-state index contributed by atoms with van der Waals surface area (Å²) in [6, 6.07) is 3.07. The standard InChI is InChI=1S/C25H36N6O6/c1-4-13(2)21(25(36)37)31-22(33)14(3)29-24(35)19(30-23(34)17(26)9-10-20(27)32)11-15-12-28-18-8-6-5-7-16(15)18/h5-8,12-14,17,19,21,28H,4,9-11,26H2,1-3H3,(H2,27,32)(H,29,35)(H,30,34)(H,31,33)(H,36,37). The number of rotatable bonds is 14. The smallest absolute Gasteiger partial charge is 0.326 e. The Morgan fingerprint density at radius 1 is 1.00 bits per heavy atom. The number of carboxylic acids is 1. The lowest BCUT2D eigenvalue weighted by Gasteiger charge is -2.25. The number of aromatic amines is 1. The molecule has 12 heteroatoms. The first-order valence-corrected chi connectivity index (χ1v) is 12.2. The third kappa shape index (κ3) is 8.31. The van der Waals surface area contributed by atoms with E-state index in [0.29, 0.717) is 6.42 Å². The van der Waals surface area contributed by atoms with Gasteiger partial charge < -0.3 is 37.5 Å². The first-order chi connectivity index (χ1) is 17.4. The van der Waals surface area contributed by atoms with E-state index in [0.717, 1.165) is 16.5 Å². The van der Waals surface area contributed by atoms with Gasteiger partial charge in [0.25, 0.3) is 0 Å². The molecule has 1 aromatic carbocycles. The van der Waals surface area contributed by atoms with Gasteiger partial charge in [-0.15, -0.1) is 0 Å². The number of hydrogen-bond donors (Lipinski definition) is 7. The van der Waals surface area contributed by atoms with Gasteiger partial charge in [0.15, 0.2) is 0 Å². The van der Waals surface area contributed by atoms with E-state index in [-0.39, 0.29) is 25.2 Å². The second-order valence-electron chi connectivity index (χ2n) is 9.18. The molecule has 0 saturated carbocycles. The minimum atomic E-state index is -1.17. The van der Waals surface area contributed by atoms with Gasteiger partial charge in [-0.2, -0.15) is 0 Å². The zero-order valence-corrected chi connectivity index (χ0v) is 21.2. The summed E-state index contributed by atoms with van der Waals surface area (Å²) in [7, 11) is 0. The molecule has 0 radical (unpaired) electrons. The minimum absolute atomic E-state index is 0.00753. The molecule has 0 aliphatic heterocycles. The van der Waals surface area contributed by atoms with Crippen molar-refractivity contribution >= 4 is 40.5 Å². The van der Waals surface area contributed by atoms with Crippen molar-refractivity contribution in [1.29, 1.82) is 0 Å². The molecule has 1 heterocycles. The van der Waals surface area contributed by atoms with Gasteiger partial charge in [0.1, 0.15) is 18.1 Å². The summed E-state index contributed by atoms with van der Waals surface area (Å²) >= 11 is 0. The molecule has 12 nitrogen and oxygen atoms in total. The number of fused-ring (bicyclic) bond motifs is 1. The van der Waals surface area contributed by atoms with Gasteiger partial charge in [0.2, 0.25) is 23.6 Å². The highest BCUT2D eigenvalue weighted by Crippen LogP contribution is 2.19. The molecule has 0 saturated heterocycles. The molecule has 5 unspecified atom stereocenters. The molecule has 4 amide bonds. The van der Waals surface area contributed by atoms with Crippen LogP contribution < -0.4 is 27.4 Å². The van der Waals surface area contributed by atoms with Crippen LogP contribution in [0.5, 0.6) is 0 Å². The van der Waals surface area contributed by atoms with Gasteiger partial charge in [0.05, 0.1) is 6.04 Å². The summed E-state index contributed by atoms with van der Waals surface area (Å²) in [4.78, 5) is 64.3. The molecule has 2 aromatic rings. The number of carbonyl (C=O) groups excluding carboxylic acids is 4. The van der Waals surface area contributed by atoms with Crippen LogP contribution in [-0.4, -0.2) is 63.9 Å². The maximum Gasteiger partial charge on any atom is 0.326 e. The van der Waals surface area contributed by atoms with Gasteiger partial charge in [-0.25, -0.2) is 4.79 Å². The van der Waals surface area contributed by atoms with Crippen LogP contribution in [-0.2, 0) is 30.4 Å². The Kier molecular flexibility index (Phi) is 10.6. The Morgan fingerprint density at radius 2 is 1.68 bits per heavy atom. The number of para-hydroxylation sites is 1. The maximum atomic E-state index is 13.2. The van der Waals surface area contributed by atoms with Gasteiger partial charge >= 0.3 is 5.97 Å². The van der Waals surface area contributed by atoms with E-state index in [9.17, 15) is 29.1 Å². The zero-order chi connectivity index (χ0) is 27.7. The van der Waals surface area contributed by atoms with Gasteiger partial charge in [-0.3, -0.25) is 19.2 Å². The van der Waals surface area contributed by atoms with Gasteiger partial charge in [0, 0.05) is 29.9 Å². The van der Waals surface area contributed by atoms with Crippen molar-refractivity contribution in [2.75, 3.05) is 0 Å². The molecule has 9 N–H and O–H groups in total. The molecule has 0 fully saturated rings. The topological polar surface area (TPSA) is 210 Å². The Hall–Kier alpha value is -3.93. The monoisotopic (exact) mass is 516 g/mol. The van der Waals surface area contributed by atoms with E-state index >= 15 is 0 Å². The molecule has 0 aliphatic carbocycles. The van der Waals surface area contributed by atoms with E-state index in [1.54, 1.807) is 13.1 Å². The maximum absolute atomic E-state index is 13.2. The third-order valence-corrected chi connectivity index (χ3v) is 6.30. The van der Waals surface area contributed by atoms with Crippen LogP contribution in [0.4, 0.5) is 0 Å². The Labute approximate surface area is 214 Å². The SMILES string of the molecule is CCC(C)C(NC(=O)C(C)NC(=O)C(Cc1c[nH]c2ccccc12)NC(=O)C(N)CCC(N)=O)C(=O)O.